The Hall–Kier alpha value is -1.02. The van der Waals surface area contributed by atoms with Crippen LogP contribution in [0.2, 0.25) is 0 Å². The molecule has 0 radical (unpaired) electrons. The molecule has 0 saturated carbocycles. The molecule has 0 aromatic heterocycles. The molecule has 1 aromatic rings. The summed E-state index contributed by atoms with van der Waals surface area (Å²) in [7, 11) is 0. The Labute approximate surface area is 78.8 Å². The molecule has 13 heavy (non-hydrogen) atoms. The maximum absolute atomic E-state index is 8.99. The van der Waals surface area contributed by atoms with Crippen LogP contribution in [-0.4, -0.2) is 18.2 Å². The van der Waals surface area contributed by atoms with E-state index in [1.807, 2.05) is 12.1 Å². The van der Waals surface area contributed by atoms with Gasteiger partial charge in [-0.05, 0) is 30.5 Å². The lowest BCUT2D eigenvalue weighted by Crippen LogP contribution is -2.17. The van der Waals surface area contributed by atoms with Gasteiger partial charge in [-0.25, -0.2) is 0 Å². The molecule has 0 amide bonds. The van der Waals surface area contributed by atoms with E-state index in [9.17, 15) is 0 Å². The highest BCUT2D eigenvalue weighted by Crippen LogP contribution is 2.20. The number of hydrogen-bond acceptors (Lipinski definition) is 2. The Kier molecular flexibility index (Phi) is 2.50. The van der Waals surface area contributed by atoms with Gasteiger partial charge in [0.25, 0.3) is 0 Å². The smallest absolute Gasteiger partial charge is 0.0682 e. The molecule has 0 atom stereocenters. The van der Waals surface area contributed by atoms with Crippen molar-refractivity contribution in [2.24, 2.45) is 0 Å². The molecular weight excluding hydrogens is 162 g/mol. The van der Waals surface area contributed by atoms with E-state index in [-0.39, 0.29) is 6.61 Å². The third-order valence-electron chi connectivity index (χ3n) is 2.56. The molecule has 2 rings (SSSR count). The lowest BCUT2D eigenvalue weighted by Gasteiger charge is -2.17. The summed E-state index contributed by atoms with van der Waals surface area (Å²) in [6.45, 7) is 2.46. The van der Waals surface area contributed by atoms with Crippen molar-refractivity contribution in [3.8, 4) is 0 Å². The van der Waals surface area contributed by atoms with Crippen molar-refractivity contribution < 1.29 is 5.11 Å². The number of aliphatic hydroxyl groups excluding tert-OH is 1. The minimum Gasteiger partial charge on any atom is -0.392 e. The van der Waals surface area contributed by atoms with E-state index in [1.54, 1.807) is 0 Å². The predicted molar refractivity (Wildman–Crippen MR) is 53.8 cm³/mol. The third-order valence-corrected chi connectivity index (χ3v) is 2.56. The van der Waals surface area contributed by atoms with E-state index >= 15 is 0 Å². The first kappa shape index (κ1) is 8.57. The topological polar surface area (TPSA) is 23.5 Å². The molecule has 1 aliphatic heterocycles. The first-order valence-electron chi connectivity index (χ1n) is 4.85. The van der Waals surface area contributed by atoms with Crippen LogP contribution in [0.15, 0.2) is 24.3 Å². The first-order chi connectivity index (χ1) is 6.40. The van der Waals surface area contributed by atoms with Gasteiger partial charge in [0.15, 0.2) is 0 Å². The zero-order valence-electron chi connectivity index (χ0n) is 7.74. The molecule has 70 valence electrons. The van der Waals surface area contributed by atoms with Crippen LogP contribution >= 0.6 is 0 Å². The standard InChI is InChI=1S/C11H15NO/c13-9-10-4-3-5-11(8-10)12-6-1-2-7-12/h3-5,8,13H,1-2,6-7,9H2. The van der Waals surface area contributed by atoms with Gasteiger partial charge in [-0.1, -0.05) is 12.1 Å². The van der Waals surface area contributed by atoms with Crippen LogP contribution in [0.3, 0.4) is 0 Å². The third kappa shape index (κ3) is 1.83. The van der Waals surface area contributed by atoms with Crippen LogP contribution in [0.25, 0.3) is 0 Å². The van der Waals surface area contributed by atoms with Crippen LogP contribution in [0.5, 0.6) is 0 Å². The second kappa shape index (κ2) is 3.79. The Morgan fingerprint density at radius 3 is 2.69 bits per heavy atom. The van der Waals surface area contributed by atoms with E-state index < -0.39 is 0 Å². The highest BCUT2D eigenvalue weighted by Gasteiger charge is 2.11. The Balaban J connectivity index is 2.18. The molecule has 0 bridgehead atoms. The van der Waals surface area contributed by atoms with Crippen LogP contribution in [0.1, 0.15) is 18.4 Å². The summed E-state index contributed by atoms with van der Waals surface area (Å²) in [4.78, 5) is 2.37. The van der Waals surface area contributed by atoms with Gasteiger partial charge >= 0.3 is 0 Å². The number of anilines is 1. The van der Waals surface area contributed by atoms with Crippen LogP contribution in [0.4, 0.5) is 5.69 Å². The molecule has 0 aliphatic carbocycles. The highest BCUT2D eigenvalue weighted by molar-refractivity contribution is 5.49. The van der Waals surface area contributed by atoms with E-state index in [2.05, 4.69) is 17.0 Å². The summed E-state index contributed by atoms with van der Waals surface area (Å²) in [6.07, 6.45) is 2.59. The minimum atomic E-state index is 0.141. The maximum atomic E-state index is 8.99. The monoisotopic (exact) mass is 177 g/mol. The highest BCUT2D eigenvalue weighted by atomic mass is 16.3. The van der Waals surface area contributed by atoms with Crippen LogP contribution in [0, 0.1) is 0 Å². The summed E-state index contributed by atoms with van der Waals surface area (Å²) in [6, 6.07) is 8.16. The fourth-order valence-corrected chi connectivity index (χ4v) is 1.83. The van der Waals surface area contributed by atoms with Crippen molar-refractivity contribution in [2.75, 3.05) is 18.0 Å². The van der Waals surface area contributed by atoms with Gasteiger partial charge in [0.05, 0.1) is 6.61 Å². The zero-order valence-corrected chi connectivity index (χ0v) is 7.74. The number of benzene rings is 1. The van der Waals surface area contributed by atoms with E-state index in [0.717, 1.165) is 18.7 Å². The molecule has 1 aromatic carbocycles. The zero-order chi connectivity index (χ0) is 9.10. The molecule has 1 aliphatic rings. The Morgan fingerprint density at radius 2 is 2.00 bits per heavy atom. The molecule has 0 spiro atoms. The molecule has 1 N–H and O–H groups in total. The lowest BCUT2D eigenvalue weighted by atomic mass is 10.2. The first-order valence-corrected chi connectivity index (χ1v) is 4.85. The summed E-state index contributed by atoms with van der Waals surface area (Å²) in [5, 5.41) is 8.99. The summed E-state index contributed by atoms with van der Waals surface area (Å²) >= 11 is 0. The fraction of sp³-hybridized carbons (Fsp3) is 0.455. The molecule has 2 nitrogen and oxygen atoms in total. The van der Waals surface area contributed by atoms with Gasteiger partial charge in [-0.2, -0.15) is 0 Å². The summed E-state index contributed by atoms with van der Waals surface area (Å²) < 4.78 is 0. The molecule has 1 saturated heterocycles. The number of rotatable bonds is 2. The Bertz CT molecular complexity index is 279. The van der Waals surface area contributed by atoms with E-state index in [4.69, 9.17) is 5.11 Å². The van der Waals surface area contributed by atoms with Crippen molar-refractivity contribution in [2.45, 2.75) is 19.4 Å². The van der Waals surface area contributed by atoms with Crippen molar-refractivity contribution in [3.05, 3.63) is 29.8 Å². The lowest BCUT2D eigenvalue weighted by molar-refractivity contribution is 0.282. The number of nitrogens with zero attached hydrogens (tertiary/aromatic N) is 1. The number of hydrogen-bond donors (Lipinski definition) is 1. The number of aliphatic hydroxyl groups is 1. The average Bonchev–Trinajstić information content (AvgIpc) is 2.71. The van der Waals surface area contributed by atoms with E-state index in [0.29, 0.717) is 0 Å². The SMILES string of the molecule is OCc1cccc(N2CCCC2)c1. The molecular formula is C11H15NO. The molecule has 1 heterocycles. The summed E-state index contributed by atoms with van der Waals surface area (Å²) in [5.74, 6) is 0. The second-order valence-electron chi connectivity index (χ2n) is 3.52. The maximum Gasteiger partial charge on any atom is 0.0682 e. The van der Waals surface area contributed by atoms with Crippen LogP contribution in [-0.2, 0) is 6.61 Å². The second-order valence-corrected chi connectivity index (χ2v) is 3.52. The summed E-state index contributed by atoms with van der Waals surface area (Å²) in [5.41, 5.74) is 2.26. The van der Waals surface area contributed by atoms with Crippen molar-refractivity contribution >= 4 is 5.69 Å². The average molecular weight is 177 g/mol. The predicted octanol–water partition coefficient (Wildman–Crippen LogP) is 1.78. The minimum absolute atomic E-state index is 0.141. The normalized spacial score (nSPS) is 16.5. The molecule has 2 heteroatoms. The molecule has 1 fully saturated rings. The van der Waals surface area contributed by atoms with Gasteiger partial charge in [0.2, 0.25) is 0 Å². The van der Waals surface area contributed by atoms with Crippen molar-refractivity contribution in [1.29, 1.82) is 0 Å². The fourth-order valence-electron chi connectivity index (χ4n) is 1.83. The van der Waals surface area contributed by atoms with Gasteiger partial charge in [0, 0.05) is 18.8 Å². The van der Waals surface area contributed by atoms with Crippen molar-refractivity contribution in [3.63, 3.8) is 0 Å². The van der Waals surface area contributed by atoms with Crippen LogP contribution < -0.4 is 4.90 Å². The Morgan fingerprint density at radius 1 is 1.23 bits per heavy atom. The van der Waals surface area contributed by atoms with Gasteiger partial charge in [-0.15, -0.1) is 0 Å². The van der Waals surface area contributed by atoms with Gasteiger partial charge in [-0.3, -0.25) is 0 Å². The van der Waals surface area contributed by atoms with E-state index in [1.165, 1.54) is 18.5 Å². The largest absolute Gasteiger partial charge is 0.392 e. The van der Waals surface area contributed by atoms with Gasteiger partial charge in [0.1, 0.15) is 0 Å². The van der Waals surface area contributed by atoms with Crippen molar-refractivity contribution in [1.82, 2.24) is 0 Å². The quantitative estimate of drug-likeness (QED) is 0.744. The van der Waals surface area contributed by atoms with Gasteiger partial charge < -0.3 is 10.0 Å². The molecule has 0 unspecified atom stereocenters.